The Hall–Kier alpha value is -1.56. The van der Waals surface area contributed by atoms with E-state index in [1.54, 1.807) is 7.05 Å². The van der Waals surface area contributed by atoms with Crippen LogP contribution in [0, 0.1) is 0 Å². The summed E-state index contributed by atoms with van der Waals surface area (Å²) in [7, 11) is 1.58. The van der Waals surface area contributed by atoms with Gasteiger partial charge in [0.05, 0.1) is 6.42 Å². The number of hydrogen-bond donors (Lipinski definition) is 2. The zero-order valence-corrected chi connectivity index (χ0v) is 12.3. The fourth-order valence-corrected chi connectivity index (χ4v) is 1.95. The highest BCUT2D eigenvalue weighted by Crippen LogP contribution is 2.11. The van der Waals surface area contributed by atoms with Crippen LogP contribution in [0.3, 0.4) is 0 Å². The predicted octanol–water partition coefficient (Wildman–Crippen LogP) is 2.11. The molecule has 0 saturated heterocycles. The maximum atomic E-state index is 11.6. The molecular formula is C13H17BrN2O3. The summed E-state index contributed by atoms with van der Waals surface area (Å²) in [5.74, 6) is -0.909. The number of rotatable bonds is 6. The summed E-state index contributed by atoms with van der Waals surface area (Å²) in [4.78, 5) is 23.4. The lowest BCUT2D eigenvalue weighted by molar-refractivity contribution is -0.137. The molecule has 19 heavy (non-hydrogen) atoms. The molecule has 0 aliphatic carbocycles. The van der Waals surface area contributed by atoms with E-state index in [0.29, 0.717) is 6.54 Å². The van der Waals surface area contributed by atoms with Gasteiger partial charge < -0.3 is 15.3 Å². The SMILES string of the molecule is CN(CCC(=O)O)C(=O)NCCc1cccc(Br)c1. The highest BCUT2D eigenvalue weighted by atomic mass is 79.9. The average Bonchev–Trinajstić information content (AvgIpc) is 2.35. The Balaban J connectivity index is 2.28. The smallest absolute Gasteiger partial charge is 0.317 e. The number of nitrogens with zero attached hydrogens (tertiary/aromatic N) is 1. The van der Waals surface area contributed by atoms with E-state index >= 15 is 0 Å². The zero-order valence-electron chi connectivity index (χ0n) is 10.7. The van der Waals surface area contributed by atoms with E-state index < -0.39 is 5.97 Å². The second-order valence-corrected chi connectivity index (χ2v) is 5.09. The number of carboxylic acid groups (broad SMARTS) is 1. The molecule has 0 unspecified atom stereocenters. The first-order chi connectivity index (χ1) is 8.99. The van der Waals surface area contributed by atoms with Crippen LogP contribution in [-0.4, -0.2) is 42.1 Å². The van der Waals surface area contributed by atoms with Gasteiger partial charge in [-0.1, -0.05) is 28.1 Å². The van der Waals surface area contributed by atoms with Crippen LogP contribution in [0.15, 0.2) is 28.7 Å². The molecule has 1 aromatic carbocycles. The third kappa shape index (κ3) is 6.24. The molecule has 0 saturated carbocycles. The Morgan fingerprint density at radius 3 is 2.79 bits per heavy atom. The Kier molecular flexibility index (Phi) is 6.35. The largest absolute Gasteiger partial charge is 0.481 e. The van der Waals surface area contributed by atoms with Crippen LogP contribution in [0.1, 0.15) is 12.0 Å². The van der Waals surface area contributed by atoms with Crippen molar-refractivity contribution in [1.29, 1.82) is 0 Å². The van der Waals surface area contributed by atoms with Crippen molar-refractivity contribution in [2.75, 3.05) is 20.1 Å². The number of urea groups is 1. The monoisotopic (exact) mass is 328 g/mol. The van der Waals surface area contributed by atoms with E-state index in [0.717, 1.165) is 16.5 Å². The van der Waals surface area contributed by atoms with Gasteiger partial charge in [0.25, 0.3) is 0 Å². The molecule has 0 bridgehead atoms. The Labute approximate surface area is 120 Å². The van der Waals surface area contributed by atoms with Gasteiger partial charge in [-0.15, -0.1) is 0 Å². The fraction of sp³-hybridized carbons (Fsp3) is 0.385. The molecule has 0 heterocycles. The van der Waals surface area contributed by atoms with Gasteiger partial charge in [-0.3, -0.25) is 4.79 Å². The Morgan fingerprint density at radius 2 is 2.16 bits per heavy atom. The normalized spacial score (nSPS) is 10.0. The van der Waals surface area contributed by atoms with E-state index in [9.17, 15) is 9.59 Å². The van der Waals surface area contributed by atoms with Gasteiger partial charge >= 0.3 is 12.0 Å². The summed E-state index contributed by atoms with van der Waals surface area (Å²) in [5.41, 5.74) is 1.13. The number of halogens is 1. The zero-order chi connectivity index (χ0) is 14.3. The van der Waals surface area contributed by atoms with E-state index in [1.165, 1.54) is 4.90 Å². The van der Waals surface area contributed by atoms with Gasteiger partial charge in [0.15, 0.2) is 0 Å². The van der Waals surface area contributed by atoms with E-state index in [4.69, 9.17) is 5.11 Å². The minimum atomic E-state index is -0.909. The van der Waals surface area contributed by atoms with Gasteiger partial charge in [0, 0.05) is 24.6 Å². The van der Waals surface area contributed by atoms with E-state index in [1.807, 2.05) is 24.3 Å². The Morgan fingerprint density at radius 1 is 1.42 bits per heavy atom. The Bertz CT molecular complexity index is 451. The number of carbonyl (C=O) groups excluding carboxylic acids is 1. The number of benzene rings is 1. The van der Waals surface area contributed by atoms with Crippen molar-refractivity contribution in [2.45, 2.75) is 12.8 Å². The summed E-state index contributed by atoms with van der Waals surface area (Å²) in [6.45, 7) is 0.727. The van der Waals surface area contributed by atoms with Crippen molar-refractivity contribution in [3.05, 3.63) is 34.3 Å². The van der Waals surface area contributed by atoms with E-state index in [2.05, 4.69) is 21.2 Å². The third-order valence-corrected chi connectivity index (χ3v) is 3.08. The van der Waals surface area contributed by atoms with Crippen molar-refractivity contribution >= 4 is 27.9 Å². The lowest BCUT2D eigenvalue weighted by Gasteiger charge is -2.16. The first kappa shape index (κ1) is 15.5. The van der Waals surface area contributed by atoms with Crippen molar-refractivity contribution < 1.29 is 14.7 Å². The quantitative estimate of drug-likeness (QED) is 0.840. The molecule has 0 aliphatic heterocycles. The van der Waals surface area contributed by atoms with Crippen LogP contribution < -0.4 is 5.32 Å². The highest BCUT2D eigenvalue weighted by molar-refractivity contribution is 9.10. The summed E-state index contributed by atoms with van der Waals surface area (Å²) in [6.07, 6.45) is 0.688. The van der Waals surface area contributed by atoms with Crippen molar-refractivity contribution in [3.8, 4) is 0 Å². The molecule has 0 spiro atoms. The molecule has 0 aliphatic rings. The predicted molar refractivity (Wildman–Crippen MR) is 76.1 cm³/mol. The van der Waals surface area contributed by atoms with Gasteiger partial charge in [-0.25, -0.2) is 4.79 Å². The second kappa shape index (κ2) is 7.78. The molecule has 104 valence electrons. The maximum absolute atomic E-state index is 11.6. The molecule has 0 atom stereocenters. The van der Waals surface area contributed by atoms with E-state index in [-0.39, 0.29) is 19.0 Å². The molecule has 0 radical (unpaired) electrons. The van der Waals surface area contributed by atoms with Crippen LogP contribution in [0.5, 0.6) is 0 Å². The minimum absolute atomic E-state index is 0.0461. The maximum Gasteiger partial charge on any atom is 0.317 e. The molecule has 5 nitrogen and oxygen atoms in total. The molecule has 1 aromatic rings. The van der Waals surface area contributed by atoms with Crippen LogP contribution in [0.4, 0.5) is 4.79 Å². The summed E-state index contributed by atoms with van der Waals surface area (Å²) >= 11 is 3.39. The number of hydrogen-bond acceptors (Lipinski definition) is 2. The molecule has 0 fully saturated rings. The number of amides is 2. The molecule has 2 N–H and O–H groups in total. The number of carbonyl (C=O) groups is 2. The summed E-state index contributed by atoms with van der Waals surface area (Å²) in [5, 5.41) is 11.3. The number of nitrogens with one attached hydrogen (secondary N) is 1. The average molecular weight is 329 g/mol. The van der Waals surface area contributed by atoms with Crippen molar-refractivity contribution in [2.24, 2.45) is 0 Å². The molecule has 6 heteroatoms. The summed E-state index contributed by atoms with van der Waals surface area (Å²) in [6, 6.07) is 7.63. The van der Waals surface area contributed by atoms with Gasteiger partial charge in [0.2, 0.25) is 0 Å². The minimum Gasteiger partial charge on any atom is -0.481 e. The van der Waals surface area contributed by atoms with Crippen LogP contribution >= 0.6 is 15.9 Å². The lowest BCUT2D eigenvalue weighted by atomic mass is 10.1. The fourth-order valence-electron chi connectivity index (χ4n) is 1.51. The van der Waals surface area contributed by atoms with Crippen LogP contribution in [-0.2, 0) is 11.2 Å². The van der Waals surface area contributed by atoms with Crippen molar-refractivity contribution in [3.63, 3.8) is 0 Å². The second-order valence-electron chi connectivity index (χ2n) is 4.18. The van der Waals surface area contributed by atoms with Gasteiger partial charge in [-0.05, 0) is 24.1 Å². The molecule has 2 amide bonds. The third-order valence-electron chi connectivity index (χ3n) is 2.59. The van der Waals surface area contributed by atoms with Crippen LogP contribution in [0.2, 0.25) is 0 Å². The molecule has 0 aromatic heterocycles. The number of aliphatic carboxylic acids is 1. The van der Waals surface area contributed by atoms with Crippen LogP contribution in [0.25, 0.3) is 0 Å². The van der Waals surface area contributed by atoms with Gasteiger partial charge in [0.1, 0.15) is 0 Å². The van der Waals surface area contributed by atoms with Crippen molar-refractivity contribution in [1.82, 2.24) is 10.2 Å². The topological polar surface area (TPSA) is 69.6 Å². The number of carboxylic acids is 1. The molecule has 1 rings (SSSR count). The summed E-state index contributed by atoms with van der Waals surface area (Å²) < 4.78 is 1.01. The van der Waals surface area contributed by atoms with Gasteiger partial charge in [-0.2, -0.15) is 0 Å². The molecular weight excluding hydrogens is 312 g/mol. The standard InChI is InChI=1S/C13H17BrN2O3/c1-16(8-6-12(17)18)13(19)15-7-5-10-3-2-4-11(14)9-10/h2-4,9H,5-8H2,1H3,(H,15,19)(H,17,18). The highest BCUT2D eigenvalue weighted by Gasteiger charge is 2.09. The first-order valence-electron chi connectivity index (χ1n) is 5.94. The lowest BCUT2D eigenvalue weighted by Crippen LogP contribution is -2.39. The first-order valence-corrected chi connectivity index (χ1v) is 6.73.